The Balaban J connectivity index is 1.92. The molecule has 3 aromatic rings. The van der Waals surface area contributed by atoms with Crippen LogP contribution < -0.4 is 5.56 Å². The summed E-state index contributed by atoms with van der Waals surface area (Å²) >= 11 is 11.0. The first kappa shape index (κ1) is 17.3. The van der Waals surface area contributed by atoms with Gasteiger partial charge < -0.3 is 0 Å². The lowest BCUT2D eigenvalue weighted by Crippen LogP contribution is -2.25. The number of benzene rings is 2. The molecule has 25 heavy (non-hydrogen) atoms. The lowest BCUT2D eigenvalue weighted by molar-refractivity contribution is 0.710. The van der Waals surface area contributed by atoms with Gasteiger partial charge in [-0.1, -0.05) is 53.6 Å². The minimum atomic E-state index is -0.345. The number of nitrogens with one attached hydrogen (secondary N) is 1. The Morgan fingerprint density at radius 1 is 1.20 bits per heavy atom. The molecule has 1 aromatic heterocycles. The van der Waals surface area contributed by atoms with Crippen molar-refractivity contribution in [3.05, 3.63) is 91.1 Å². The maximum absolute atomic E-state index is 12.6. The molecule has 0 aliphatic heterocycles. The van der Waals surface area contributed by atoms with E-state index in [0.717, 1.165) is 21.4 Å². The minimum Gasteiger partial charge on any atom is -0.265 e. The van der Waals surface area contributed by atoms with Gasteiger partial charge in [-0.2, -0.15) is 14.9 Å². The monoisotopic (exact) mass is 370 g/mol. The molecule has 126 valence electrons. The Kier molecular flexibility index (Phi) is 5.21. The molecule has 0 atom stereocenters. The first-order valence-electron chi connectivity index (χ1n) is 7.59. The fourth-order valence-electron chi connectivity index (χ4n) is 2.22. The lowest BCUT2D eigenvalue weighted by atomic mass is 10.1. The van der Waals surface area contributed by atoms with E-state index in [9.17, 15) is 4.79 Å². The van der Waals surface area contributed by atoms with Gasteiger partial charge in [-0.15, -0.1) is 0 Å². The fraction of sp³-hybridized carbons (Fsp3) is 0.111. The molecule has 0 bridgehead atoms. The van der Waals surface area contributed by atoms with Crippen LogP contribution in [-0.2, 0) is 6.42 Å². The Hall–Kier alpha value is -2.57. The maximum atomic E-state index is 12.6. The third-order valence-electron chi connectivity index (χ3n) is 3.60. The van der Waals surface area contributed by atoms with E-state index in [1.165, 1.54) is 0 Å². The number of halogens is 1. The van der Waals surface area contributed by atoms with Gasteiger partial charge in [-0.3, -0.25) is 9.89 Å². The van der Waals surface area contributed by atoms with Crippen molar-refractivity contribution in [3.63, 3.8) is 0 Å². The number of rotatable bonds is 4. The molecule has 0 aliphatic rings. The summed E-state index contributed by atoms with van der Waals surface area (Å²) in [6, 6.07) is 15.0. The molecule has 0 radical (unpaired) electrons. The molecule has 1 heterocycles. The molecule has 3 rings (SSSR count). The van der Waals surface area contributed by atoms with Crippen LogP contribution in [0.2, 0.25) is 5.02 Å². The van der Waals surface area contributed by atoms with Crippen molar-refractivity contribution in [2.75, 3.05) is 0 Å². The van der Waals surface area contributed by atoms with E-state index in [0.29, 0.717) is 17.1 Å². The van der Waals surface area contributed by atoms with Crippen molar-refractivity contribution >= 4 is 30.0 Å². The second-order valence-electron chi connectivity index (χ2n) is 5.55. The van der Waals surface area contributed by atoms with Crippen molar-refractivity contribution in [1.82, 2.24) is 14.9 Å². The molecule has 0 amide bonds. The summed E-state index contributed by atoms with van der Waals surface area (Å²) in [5, 5.41) is 11.6. The number of aromatic nitrogens is 3. The number of H-pyrrole nitrogens is 1. The maximum Gasteiger partial charge on any atom is 0.297 e. The number of hydrogen-bond donors (Lipinski definition) is 1. The van der Waals surface area contributed by atoms with Crippen LogP contribution in [0.1, 0.15) is 22.4 Å². The Morgan fingerprint density at radius 3 is 2.56 bits per heavy atom. The Morgan fingerprint density at radius 2 is 1.88 bits per heavy atom. The third kappa shape index (κ3) is 4.29. The Bertz CT molecular complexity index is 1020. The molecule has 0 saturated heterocycles. The van der Waals surface area contributed by atoms with Crippen LogP contribution >= 0.6 is 23.8 Å². The van der Waals surface area contributed by atoms with Crippen molar-refractivity contribution in [3.8, 4) is 0 Å². The third-order valence-corrected chi connectivity index (χ3v) is 4.12. The quantitative estimate of drug-likeness (QED) is 0.562. The molecule has 0 aliphatic carbocycles. The molecule has 0 fully saturated rings. The second-order valence-corrected chi connectivity index (χ2v) is 6.37. The summed E-state index contributed by atoms with van der Waals surface area (Å²) in [6.07, 6.45) is 1.96. The van der Waals surface area contributed by atoms with Crippen LogP contribution in [0.5, 0.6) is 0 Å². The van der Waals surface area contributed by atoms with Gasteiger partial charge in [-0.05, 0) is 42.4 Å². The number of nitrogens with zero attached hydrogens (tertiary/aromatic N) is 3. The molecule has 0 saturated carbocycles. The van der Waals surface area contributed by atoms with Crippen molar-refractivity contribution in [2.45, 2.75) is 13.3 Å². The van der Waals surface area contributed by atoms with Crippen LogP contribution in [0.4, 0.5) is 0 Å². The summed E-state index contributed by atoms with van der Waals surface area (Å²) in [5.41, 5.74) is 2.94. The van der Waals surface area contributed by atoms with Crippen LogP contribution in [0.25, 0.3) is 0 Å². The summed E-state index contributed by atoms with van der Waals surface area (Å²) < 4.78 is 1.29. The van der Waals surface area contributed by atoms with Crippen molar-refractivity contribution < 1.29 is 0 Å². The van der Waals surface area contributed by atoms with Gasteiger partial charge in [0.2, 0.25) is 4.77 Å². The van der Waals surface area contributed by atoms with Gasteiger partial charge in [-0.25, -0.2) is 0 Å². The topological polar surface area (TPSA) is 63.0 Å². The van der Waals surface area contributed by atoms with E-state index >= 15 is 0 Å². The molecule has 1 N–H and O–H groups in total. The normalized spacial score (nSPS) is 11.1. The van der Waals surface area contributed by atoms with Gasteiger partial charge >= 0.3 is 0 Å². The predicted molar refractivity (Wildman–Crippen MR) is 102 cm³/mol. The van der Waals surface area contributed by atoms with Crippen LogP contribution in [0.3, 0.4) is 0 Å². The number of aryl methyl sites for hydroxylation is 1. The average molecular weight is 371 g/mol. The van der Waals surface area contributed by atoms with Gasteiger partial charge in [0.1, 0.15) is 5.69 Å². The largest absolute Gasteiger partial charge is 0.297 e. The molecule has 7 heteroatoms. The first-order valence-corrected chi connectivity index (χ1v) is 8.37. The minimum absolute atomic E-state index is 0.146. The van der Waals surface area contributed by atoms with Crippen LogP contribution in [0.15, 0.2) is 58.4 Å². The average Bonchev–Trinajstić information content (AvgIpc) is 2.61. The first-order chi connectivity index (χ1) is 12.0. The van der Waals surface area contributed by atoms with Crippen molar-refractivity contribution in [2.24, 2.45) is 5.10 Å². The number of hydrogen-bond acceptors (Lipinski definition) is 4. The molecule has 2 aromatic carbocycles. The highest BCUT2D eigenvalue weighted by molar-refractivity contribution is 7.71. The summed E-state index contributed by atoms with van der Waals surface area (Å²) in [7, 11) is 0. The molecule has 0 spiro atoms. The van der Waals surface area contributed by atoms with Crippen molar-refractivity contribution in [1.29, 1.82) is 0 Å². The molecular formula is C18H15ClN4OS. The van der Waals surface area contributed by atoms with Gasteiger partial charge in [0, 0.05) is 11.4 Å². The van der Waals surface area contributed by atoms with E-state index in [-0.39, 0.29) is 10.3 Å². The van der Waals surface area contributed by atoms with E-state index in [1.54, 1.807) is 18.3 Å². The smallest absolute Gasteiger partial charge is 0.265 e. The highest BCUT2D eigenvalue weighted by Crippen LogP contribution is 2.11. The zero-order valence-corrected chi connectivity index (χ0v) is 15.0. The van der Waals surface area contributed by atoms with E-state index in [4.69, 9.17) is 23.8 Å². The van der Waals surface area contributed by atoms with E-state index in [1.807, 2.05) is 43.3 Å². The summed E-state index contributed by atoms with van der Waals surface area (Å²) in [6.45, 7) is 2.01. The van der Waals surface area contributed by atoms with Crippen LogP contribution in [0, 0.1) is 11.7 Å². The standard InChI is InChI=1S/C18H15ClN4OS/c1-12-2-4-14(5-3-12)11-20-23-17(24)16(21-22-18(23)25)10-13-6-8-15(19)9-7-13/h2-9,11H,10H2,1H3,(H,22,25)/b20-11+. The van der Waals surface area contributed by atoms with E-state index in [2.05, 4.69) is 15.3 Å². The molecular weight excluding hydrogens is 356 g/mol. The summed E-state index contributed by atoms with van der Waals surface area (Å²) in [4.78, 5) is 12.6. The SMILES string of the molecule is Cc1ccc(/C=N/n2c(=S)[nH]nc(Cc3ccc(Cl)cc3)c2=O)cc1. The zero-order chi connectivity index (χ0) is 17.8. The van der Waals surface area contributed by atoms with Gasteiger partial charge in [0.15, 0.2) is 0 Å². The zero-order valence-electron chi connectivity index (χ0n) is 13.4. The second kappa shape index (κ2) is 7.55. The molecule has 0 unspecified atom stereocenters. The lowest BCUT2D eigenvalue weighted by Gasteiger charge is -2.04. The summed E-state index contributed by atoms with van der Waals surface area (Å²) in [5.74, 6) is 0. The highest BCUT2D eigenvalue weighted by atomic mass is 35.5. The van der Waals surface area contributed by atoms with E-state index < -0.39 is 0 Å². The highest BCUT2D eigenvalue weighted by Gasteiger charge is 2.08. The number of aromatic amines is 1. The van der Waals surface area contributed by atoms with Crippen LogP contribution in [-0.4, -0.2) is 21.1 Å². The van der Waals surface area contributed by atoms with Gasteiger partial charge in [0.25, 0.3) is 5.56 Å². The predicted octanol–water partition coefficient (Wildman–Crippen LogP) is 3.74. The molecule has 5 nitrogen and oxygen atoms in total. The van der Waals surface area contributed by atoms with Gasteiger partial charge in [0.05, 0.1) is 6.21 Å². The Labute approximate surface area is 154 Å². The fourth-order valence-corrected chi connectivity index (χ4v) is 2.52.